The Labute approximate surface area is 152 Å². The van der Waals surface area contributed by atoms with Crippen molar-refractivity contribution in [2.24, 2.45) is 5.92 Å². The van der Waals surface area contributed by atoms with Crippen molar-refractivity contribution in [3.8, 4) is 5.75 Å². The molecule has 138 valence electrons. The van der Waals surface area contributed by atoms with Crippen molar-refractivity contribution in [3.63, 3.8) is 0 Å². The third-order valence-corrected chi connectivity index (χ3v) is 4.78. The zero-order valence-corrected chi connectivity index (χ0v) is 14.8. The number of hydrogen-bond donors (Lipinski definition) is 1. The molecule has 6 nitrogen and oxygen atoms in total. The summed E-state index contributed by atoms with van der Waals surface area (Å²) in [7, 11) is 0. The molecule has 3 rings (SSSR count). The molecule has 1 aromatic heterocycles. The van der Waals surface area contributed by atoms with E-state index in [1.54, 1.807) is 6.92 Å². The number of likely N-dealkylation sites (tertiary alicyclic amines) is 1. The fourth-order valence-corrected chi connectivity index (χ4v) is 3.32. The molecule has 6 heteroatoms. The van der Waals surface area contributed by atoms with E-state index in [9.17, 15) is 9.59 Å². The fourth-order valence-electron chi connectivity index (χ4n) is 3.32. The fraction of sp³-hybridized carbons (Fsp3) is 0.400. The number of nitrogens with zero attached hydrogens (tertiary/aromatic N) is 1. The van der Waals surface area contributed by atoms with Gasteiger partial charge in [0.25, 0.3) is 5.91 Å². The van der Waals surface area contributed by atoms with Crippen LogP contribution >= 0.6 is 0 Å². The highest BCUT2D eigenvalue weighted by atomic mass is 16.5. The number of para-hydroxylation sites is 1. The summed E-state index contributed by atoms with van der Waals surface area (Å²) in [4.78, 5) is 25.6. The van der Waals surface area contributed by atoms with Crippen LogP contribution in [0.15, 0.2) is 47.1 Å². The van der Waals surface area contributed by atoms with Gasteiger partial charge in [-0.1, -0.05) is 18.2 Å². The summed E-state index contributed by atoms with van der Waals surface area (Å²) in [5, 5.41) is 9.15. The van der Waals surface area contributed by atoms with Gasteiger partial charge in [0.2, 0.25) is 0 Å². The van der Waals surface area contributed by atoms with Gasteiger partial charge in [-0.25, -0.2) is 4.79 Å². The van der Waals surface area contributed by atoms with Crippen LogP contribution in [0.4, 0.5) is 0 Å². The minimum atomic E-state index is -0.965. The van der Waals surface area contributed by atoms with E-state index in [0.717, 1.165) is 12.8 Å². The Morgan fingerprint density at radius 1 is 1.23 bits per heavy atom. The number of aromatic carboxylic acids is 1. The number of carboxylic acid groups (broad SMARTS) is 1. The third kappa shape index (κ3) is 4.25. The van der Waals surface area contributed by atoms with Gasteiger partial charge in [-0.05, 0) is 43.9 Å². The van der Waals surface area contributed by atoms with Gasteiger partial charge in [0.1, 0.15) is 17.1 Å². The minimum absolute atomic E-state index is 0.0171. The van der Waals surface area contributed by atoms with Crippen molar-refractivity contribution in [2.75, 3.05) is 13.1 Å². The molecule has 2 heterocycles. The molecule has 1 N–H and O–H groups in total. The second kappa shape index (κ2) is 8.08. The zero-order valence-electron chi connectivity index (χ0n) is 14.8. The van der Waals surface area contributed by atoms with Crippen LogP contribution in [0.5, 0.6) is 5.75 Å². The van der Waals surface area contributed by atoms with E-state index in [-0.39, 0.29) is 11.5 Å². The summed E-state index contributed by atoms with van der Waals surface area (Å²) < 4.78 is 11.0. The van der Waals surface area contributed by atoms with Gasteiger partial charge < -0.3 is 19.2 Å². The molecule has 1 saturated heterocycles. The Balaban J connectivity index is 1.50. The molecule has 1 amide bonds. The number of carboxylic acids is 1. The third-order valence-electron chi connectivity index (χ3n) is 4.78. The van der Waals surface area contributed by atoms with Crippen LogP contribution in [-0.2, 0) is 11.2 Å². The van der Waals surface area contributed by atoms with E-state index < -0.39 is 12.1 Å². The quantitative estimate of drug-likeness (QED) is 0.858. The highest BCUT2D eigenvalue weighted by Gasteiger charge is 2.28. The lowest BCUT2D eigenvalue weighted by atomic mass is 9.91. The van der Waals surface area contributed by atoms with Gasteiger partial charge in [0, 0.05) is 19.5 Å². The van der Waals surface area contributed by atoms with Crippen molar-refractivity contribution >= 4 is 11.9 Å². The van der Waals surface area contributed by atoms with E-state index in [1.165, 1.54) is 12.3 Å². The van der Waals surface area contributed by atoms with Gasteiger partial charge in [-0.2, -0.15) is 0 Å². The highest BCUT2D eigenvalue weighted by molar-refractivity contribution is 5.88. The first-order valence-electron chi connectivity index (χ1n) is 8.84. The Morgan fingerprint density at radius 2 is 1.92 bits per heavy atom. The molecule has 0 spiro atoms. The van der Waals surface area contributed by atoms with Crippen LogP contribution in [0.2, 0.25) is 0 Å². The van der Waals surface area contributed by atoms with Crippen LogP contribution in [0.25, 0.3) is 0 Å². The predicted molar refractivity (Wildman–Crippen MR) is 95.2 cm³/mol. The number of benzene rings is 1. The number of rotatable bonds is 6. The van der Waals surface area contributed by atoms with E-state index in [4.69, 9.17) is 14.3 Å². The number of hydrogen-bond acceptors (Lipinski definition) is 4. The van der Waals surface area contributed by atoms with Crippen LogP contribution in [-0.4, -0.2) is 41.1 Å². The normalized spacial score (nSPS) is 16.3. The number of ether oxygens (including phenoxy) is 1. The average Bonchev–Trinajstić information content (AvgIpc) is 3.11. The maximum atomic E-state index is 12.6. The van der Waals surface area contributed by atoms with E-state index in [0.29, 0.717) is 36.9 Å². The molecular weight excluding hydrogens is 334 g/mol. The largest absolute Gasteiger partial charge is 0.481 e. The van der Waals surface area contributed by atoms with E-state index in [1.807, 2.05) is 35.2 Å². The topological polar surface area (TPSA) is 80.0 Å². The molecule has 1 aliphatic rings. The van der Waals surface area contributed by atoms with Crippen LogP contribution in [0, 0.1) is 5.92 Å². The number of carbonyl (C=O) groups excluding carboxylic acids is 1. The second-order valence-corrected chi connectivity index (χ2v) is 6.61. The van der Waals surface area contributed by atoms with Gasteiger partial charge in [-0.3, -0.25) is 4.79 Å². The summed E-state index contributed by atoms with van der Waals surface area (Å²) in [6.07, 6.45) is 3.12. The Bertz CT molecular complexity index is 747. The molecule has 0 saturated carbocycles. The van der Waals surface area contributed by atoms with Crippen molar-refractivity contribution in [3.05, 3.63) is 54.0 Å². The Kier molecular flexibility index (Phi) is 5.61. The summed E-state index contributed by atoms with van der Waals surface area (Å²) >= 11 is 0. The number of piperidine rings is 1. The molecular formula is C20H23NO5. The molecule has 0 aliphatic carbocycles. The number of carbonyl (C=O) groups is 2. The summed E-state index contributed by atoms with van der Waals surface area (Å²) in [6, 6.07) is 10.8. The van der Waals surface area contributed by atoms with Crippen molar-refractivity contribution < 1.29 is 23.8 Å². The first-order chi connectivity index (χ1) is 12.5. The lowest BCUT2D eigenvalue weighted by molar-refractivity contribution is -0.139. The zero-order chi connectivity index (χ0) is 18.5. The van der Waals surface area contributed by atoms with Gasteiger partial charge in [0.15, 0.2) is 6.10 Å². The maximum absolute atomic E-state index is 12.6. The van der Waals surface area contributed by atoms with Crippen LogP contribution in [0.1, 0.15) is 35.9 Å². The summed E-state index contributed by atoms with van der Waals surface area (Å²) in [5.74, 6) is 0.531. The summed E-state index contributed by atoms with van der Waals surface area (Å²) in [6.45, 7) is 3.06. The molecule has 2 aromatic rings. The maximum Gasteiger partial charge on any atom is 0.339 e. The average molecular weight is 357 g/mol. The lowest BCUT2D eigenvalue weighted by Crippen LogP contribution is -2.45. The number of amides is 1. The highest BCUT2D eigenvalue weighted by Crippen LogP contribution is 2.25. The lowest BCUT2D eigenvalue weighted by Gasteiger charge is -2.33. The molecule has 1 atom stereocenters. The molecule has 26 heavy (non-hydrogen) atoms. The Morgan fingerprint density at radius 3 is 2.58 bits per heavy atom. The molecule has 1 fully saturated rings. The summed E-state index contributed by atoms with van der Waals surface area (Å²) in [5.41, 5.74) is 0.230. The standard InChI is InChI=1S/C20H23NO5/c1-14(26-16-5-3-2-4-6-16)19(22)21-10-7-15(8-11-21)13-18-17(20(23)24)9-12-25-18/h2-6,9,12,14-15H,7-8,10-11,13H2,1H3,(H,23,24). The first-order valence-corrected chi connectivity index (χ1v) is 8.84. The first kappa shape index (κ1) is 18.0. The van der Waals surface area contributed by atoms with Crippen molar-refractivity contribution in [1.82, 2.24) is 4.90 Å². The SMILES string of the molecule is CC(Oc1ccccc1)C(=O)N1CCC(Cc2occc2C(=O)O)CC1. The van der Waals surface area contributed by atoms with E-state index >= 15 is 0 Å². The minimum Gasteiger partial charge on any atom is -0.481 e. The van der Waals surface area contributed by atoms with Crippen LogP contribution in [0.3, 0.4) is 0 Å². The van der Waals surface area contributed by atoms with Gasteiger partial charge in [0.05, 0.1) is 6.26 Å². The van der Waals surface area contributed by atoms with Gasteiger partial charge >= 0.3 is 5.97 Å². The second-order valence-electron chi connectivity index (χ2n) is 6.61. The predicted octanol–water partition coefficient (Wildman–Crippen LogP) is 3.23. The van der Waals surface area contributed by atoms with Gasteiger partial charge in [-0.15, -0.1) is 0 Å². The van der Waals surface area contributed by atoms with E-state index in [2.05, 4.69) is 0 Å². The number of furan rings is 1. The monoisotopic (exact) mass is 357 g/mol. The smallest absolute Gasteiger partial charge is 0.339 e. The van der Waals surface area contributed by atoms with Crippen molar-refractivity contribution in [1.29, 1.82) is 0 Å². The molecule has 0 bridgehead atoms. The Hall–Kier alpha value is -2.76. The molecule has 1 unspecified atom stereocenters. The van der Waals surface area contributed by atoms with Crippen molar-refractivity contribution in [2.45, 2.75) is 32.3 Å². The molecule has 1 aromatic carbocycles. The molecule has 0 radical (unpaired) electrons. The van der Waals surface area contributed by atoms with Crippen LogP contribution < -0.4 is 4.74 Å². The molecule has 1 aliphatic heterocycles.